The number of benzene rings is 2. The third-order valence-electron chi connectivity index (χ3n) is 3.73. The smallest absolute Gasteiger partial charge is 0.175 e. The van der Waals surface area contributed by atoms with Crippen LogP contribution in [0.25, 0.3) is 0 Å². The van der Waals surface area contributed by atoms with E-state index in [9.17, 15) is 4.39 Å². The van der Waals surface area contributed by atoms with Crippen molar-refractivity contribution in [1.82, 2.24) is 9.78 Å². The lowest BCUT2D eigenvalue weighted by molar-refractivity contribution is 0.628. The SMILES string of the molecule is Cc1cc(C)n(Cc2ccc(NC(=S)Nc3cccc(F)c3)cc2)n1. The van der Waals surface area contributed by atoms with Crippen molar-refractivity contribution in [2.24, 2.45) is 0 Å². The summed E-state index contributed by atoms with van der Waals surface area (Å²) >= 11 is 5.26. The average Bonchev–Trinajstić information content (AvgIpc) is 2.86. The lowest BCUT2D eigenvalue weighted by Crippen LogP contribution is -2.19. The first-order valence-electron chi connectivity index (χ1n) is 7.93. The van der Waals surface area contributed by atoms with Crippen molar-refractivity contribution in [3.8, 4) is 0 Å². The summed E-state index contributed by atoms with van der Waals surface area (Å²) in [6.45, 7) is 4.77. The van der Waals surface area contributed by atoms with Crippen molar-refractivity contribution in [2.45, 2.75) is 20.4 Å². The van der Waals surface area contributed by atoms with Gasteiger partial charge in [0.05, 0.1) is 12.2 Å². The van der Waals surface area contributed by atoms with E-state index in [1.54, 1.807) is 12.1 Å². The molecule has 0 radical (unpaired) electrons. The van der Waals surface area contributed by atoms with Gasteiger partial charge in [-0.25, -0.2) is 4.39 Å². The monoisotopic (exact) mass is 354 g/mol. The van der Waals surface area contributed by atoms with E-state index in [-0.39, 0.29) is 5.82 Å². The summed E-state index contributed by atoms with van der Waals surface area (Å²) in [5.74, 6) is -0.304. The van der Waals surface area contributed by atoms with Gasteiger partial charge in [-0.2, -0.15) is 5.10 Å². The van der Waals surface area contributed by atoms with E-state index in [1.807, 2.05) is 42.8 Å². The van der Waals surface area contributed by atoms with E-state index in [2.05, 4.69) is 21.8 Å². The number of nitrogens with one attached hydrogen (secondary N) is 2. The van der Waals surface area contributed by atoms with Crippen molar-refractivity contribution in [3.05, 3.63) is 77.4 Å². The molecule has 0 aliphatic rings. The molecule has 1 aromatic heterocycles. The van der Waals surface area contributed by atoms with Gasteiger partial charge in [-0.05, 0) is 68.0 Å². The van der Waals surface area contributed by atoms with Gasteiger partial charge >= 0.3 is 0 Å². The number of hydrogen-bond donors (Lipinski definition) is 2. The molecule has 2 N–H and O–H groups in total. The van der Waals surface area contributed by atoms with Crippen LogP contribution in [-0.2, 0) is 6.54 Å². The standard InChI is InChI=1S/C19H19FN4S/c1-13-10-14(2)24(23-13)12-15-6-8-17(9-7-15)21-19(25)22-18-5-3-4-16(20)11-18/h3-11H,12H2,1-2H3,(H2,21,22,25). The van der Waals surface area contributed by atoms with E-state index in [4.69, 9.17) is 12.2 Å². The Hall–Kier alpha value is -2.73. The Morgan fingerprint density at radius 2 is 1.76 bits per heavy atom. The molecule has 0 amide bonds. The maximum absolute atomic E-state index is 13.2. The molecule has 2 aromatic carbocycles. The van der Waals surface area contributed by atoms with Gasteiger partial charge in [0.2, 0.25) is 0 Å². The highest BCUT2D eigenvalue weighted by molar-refractivity contribution is 7.80. The van der Waals surface area contributed by atoms with Crippen LogP contribution in [0.3, 0.4) is 0 Å². The maximum atomic E-state index is 13.2. The van der Waals surface area contributed by atoms with Crippen molar-refractivity contribution < 1.29 is 4.39 Å². The zero-order valence-electron chi connectivity index (χ0n) is 14.1. The fourth-order valence-electron chi connectivity index (χ4n) is 2.56. The molecule has 3 rings (SSSR count). The topological polar surface area (TPSA) is 41.9 Å². The van der Waals surface area contributed by atoms with E-state index in [1.165, 1.54) is 12.1 Å². The maximum Gasteiger partial charge on any atom is 0.175 e. The zero-order valence-corrected chi connectivity index (χ0v) is 14.9. The van der Waals surface area contributed by atoms with Gasteiger partial charge in [-0.1, -0.05) is 18.2 Å². The predicted molar refractivity (Wildman–Crippen MR) is 103 cm³/mol. The molecule has 3 aromatic rings. The second-order valence-electron chi connectivity index (χ2n) is 5.87. The van der Waals surface area contributed by atoms with E-state index < -0.39 is 0 Å². The van der Waals surface area contributed by atoms with Crippen LogP contribution in [-0.4, -0.2) is 14.9 Å². The first kappa shape index (κ1) is 17.1. The molecule has 6 heteroatoms. The van der Waals surface area contributed by atoms with Crippen LogP contribution in [0, 0.1) is 19.7 Å². The molecule has 0 bridgehead atoms. The highest BCUT2D eigenvalue weighted by Crippen LogP contribution is 2.14. The van der Waals surface area contributed by atoms with E-state index in [0.29, 0.717) is 10.8 Å². The predicted octanol–water partition coefficient (Wildman–Crippen LogP) is 4.50. The van der Waals surface area contributed by atoms with Crippen LogP contribution in [0.2, 0.25) is 0 Å². The number of aromatic nitrogens is 2. The third kappa shape index (κ3) is 4.64. The Bertz CT molecular complexity index is 887. The van der Waals surface area contributed by atoms with Crippen LogP contribution in [0.4, 0.5) is 15.8 Å². The van der Waals surface area contributed by atoms with Crippen molar-refractivity contribution >= 4 is 28.7 Å². The highest BCUT2D eigenvalue weighted by atomic mass is 32.1. The second-order valence-corrected chi connectivity index (χ2v) is 6.28. The summed E-state index contributed by atoms with van der Waals surface area (Å²) in [6, 6.07) is 16.2. The van der Waals surface area contributed by atoms with Crippen molar-refractivity contribution in [1.29, 1.82) is 0 Å². The number of anilines is 2. The Labute approximate surface area is 151 Å². The Morgan fingerprint density at radius 3 is 2.40 bits per heavy atom. The van der Waals surface area contributed by atoms with Crippen LogP contribution >= 0.6 is 12.2 Å². The summed E-state index contributed by atoms with van der Waals surface area (Å²) < 4.78 is 15.2. The number of rotatable bonds is 4. The minimum atomic E-state index is -0.304. The first-order valence-corrected chi connectivity index (χ1v) is 8.34. The summed E-state index contributed by atoms with van der Waals surface area (Å²) in [5.41, 5.74) is 4.79. The van der Waals surface area contributed by atoms with Gasteiger partial charge in [-0.3, -0.25) is 4.68 Å². The number of nitrogens with zero attached hydrogens (tertiary/aromatic N) is 2. The van der Waals surface area contributed by atoms with E-state index >= 15 is 0 Å². The molecule has 0 saturated carbocycles. The van der Waals surface area contributed by atoms with Gasteiger partial charge in [0, 0.05) is 17.1 Å². The van der Waals surface area contributed by atoms with Crippen molar-refractivity contribution in [3.63, 3.8) is 0 Å². The molecule has 4 nitrogen and oxygen atoms in total. The second kappa shape index (κ2) is 7.44. The van der Waals surface area contributed by atoms with Gasteiger partial charge in [0.1, 0.15) is 5.82 Å². The molecule has 0 unspecified atom stereocenters. The Morgan fingerprint density at radius 1 is 1.04 bits per heavy atom. The van der Waals surface area contributed by atoms with Gasteiger partial charge < -0.3 is 10.6 Å². The highest BCUT2D eigenvalue weighted by Gasteiger charge is 2.03. The van der Waals surface area contributed by atoms with Crippen LogP contribution in [0.5, 0.6) is 0 Å². The van der Waals surface area contributed by atoms with E-state index in [0.717, 1.165) is 29.2 Å². The minimum Gasteiger partial charge on any atom is -0.332 e. The first-order chi connectivity index (χ1) is 12.0. The molecule has 25 heavy (non-hydrogen) atoms. The van der Waals surface area contributed by atoms with Crippen LogP contribution < -0.4 is 10.6 Å². The average molecular weight is 354 g/mol. The Balaban J connectivity index is 1.60. The number of halogens is 1. The summed E-state index contributed by atoms with van der Waals surface area (Å²) in [4.78, 5) is 0. The summed E-state index contributed by atoms with van der Waals surface area (Å²) in [7, 11) is 0. The fourth-order valence-corrected chi connectivity index (χ4v) is 2.80. The van der Waals surface area contributed by atoms with Gasteiger partial charge in [0.15, 0.2) is 5.11 Å². The molecule has 0 saturated heterocycles. The quantitative estimate of drug-likeness (QED) is 0.677. The summed E-state index contributed by atoms with van der Waals surface area (Å²) in [5, 5.41) is 10.9. The lowest BCUT2D eigenvalue weighted by atomic mass is 10.2. The van der Waals surface area contributed by atoms with Crippen LogP contribution in [0.1, 0.15) is 17.0 Å². The number of aryl methyl sites for hydroxylation is 2. The zero-order chi connectivity index (χ0) is 17.8. The molecular weight excluding hydrogens is 335 g/mol. The molecule has 1 heterocycles. The number of hydrogen-bond acceptors (Lipinski definition) is 2. The number of thiocarbonyl (C=S) groups is 1. The molecule has 0 atom stereocenters. The molecule has 128 valence electrons. The summed E-state index contributed by atoms with van der Waals surface area (Å²) in [6.07, 6.45) is 0. The van der Waals surface area contributed by atoms with Gasteiger partial charge in [0.25, 0.3) is 0 Å². The molecule has 0 aliphatic heterocycles. The Kier molecular flexibility index (Phi) is 5.09. The van der Waals surface area contributed by atoms with Crippen LogP contribution in [0.15, 0.2) is 54.6 Å². The van der Waals surface area contributed by atoms with Crippen molar-refractivity contribution in [2.75, 3.05) is 10.6 Å². The normalized spacial score (nSPS) is 10.5. The molecule has 0 fully saturated rings. The third-order valence-corrected chi connectivity index (χ3v) is 3.93. The molecule has 0 spiro atoms. The largest absolute Gasteiger partial charge is 0.332 e. The molecule has 0 aliphatic carbocycles. The molecular formula is C19H19FN4S. The van der Waals surface area contributed by atoms with Gasteiger partial charge in [-0.15, -0.1) is 0 Å². The minimum absolute atomic E-state index is 0.304. The lowest BCUT2D eigenvalue weighted by Gasteiger charge is -2.11. The fraction of sp³-hybridized carbons (Fsp3) is 0.158.